The van der Waals surface area contributed by atoms with Gasteiger partial charge in [0.1, 0.15) is 5.56 Å². The van der Waals surface area contributed by atoms with E-state index in [9.17, 15) is 19.5 Å². The van der Waals surface area contributed by atoms with Gasteiger partial charge in [0.2, 0.25) is 5.88 Å². The molecule has 3 N–H and O–H groups in total. The summed E-state index contributed by atoms with van der Waals surface area (Å²) in [5, 5.41) is 11.9. The molecule has 4 aromatic rings. The van der Waals surface area contributed by atoms with Crippen molar-refractivity contribution in [1.82, 2.24) is 14.5 Å². The Labute approximate surface area is 200 Å². The van der Waals surface area contributed by atoms with Gasteiger partial charge in [-0.2, -0.15) is 0 Å². The maximum atomic E-state index is 12.7. The first-order valence-corrected chi connectivity index (χ1v) is 11.2. The number of benzene rings is 2. The fourth-order valence-corrected chi connectivity index (χ4v) is 4.08. The molecule has 1 atom stereocenters. The zero-order chi connectivity index (χ0) is 24.9. The second-order valence-electron chi connectivity index (χ2n) is 8.06. The minimum absolute atomic E-state index is 0.0576. The number of nitrogens with zero attached hydrogens (tertiary/aromatic N) is 2. The molecular formula is C26H26N4O5. The molecule has 2 heterocycles. The van der Waals surface area contributed by atoms with Crippen LogP contribution in [0.1, 0.15) is 30.0 Å². The van der Waals surface area contributed by atoms with Gasteiger partial charge in [0.05, 0.1) is 19.4 Å². The highest BCUT2D eigenvalue weighted by Crippen LogP contribution is 2.22. The van der Waals surface area contributed by atoms with E-state index in [2.05, 4.69) is 15.0 Å². The molecule has 0 saturated carbocycles. The average molecular weight is 475 g/mol. The summed E-state index contributed by atoms with van der Waals surface area (Å²) < 4.78 is 6.05. The third-order valence-electron chi connectivity index (χ3n) is 5.85. The minimum Gasteiger partial charge on any atom is -0.494 e. The van der Waals surface area contributed by atoms with Crippen molar-refractivity contribution in [1.29, 1.82) is 0 Å². The molecule has 1 unspecified atom stereocenters. The Bertz CT molecular complexity index is 1500. The lowest BCUT2D eigenvalue weighted by Crippen LogP contribution is -2.35. The smallest absolute Gasteiger partial charge is 0.331 e. The van der Waals surface area contributed by atoms with E-state index in [4.69, 9.17) is 4.74 Å². The van der Waals surface area contributed by atoms with Crippen molar-refractivity contribution in [3.8, 4) is 5.88 Å². The molecule has 0 saturated heterocycles. The van der Waals surface area contributed by atoms with Gasteiger partial charge in [-0.05, 0) is 23.6 Å². The number of ether oxygens (including phenoxy) is 1. The summed E-state index contributed by atoms with van der Waals surface area (Å²) in [4.78, 5) is 47.8. The molecule has 2 aromatic carbocycles. The zero-order valence-electron chi connectivity index (χ0n) is 19.4. The van der Waals surface area contributed by atoms with E-state index in [1.807, 2.05) is 48.7 Å². The lowest BCUT2D eigenvalue weighted by atomic mass is 10.0. The van der Waals surface area contributed by atoms with E-state index in [0.29, 0.717) is 0 Å². The highest BCUT2D eigenvalue weighted by atomic mass is 16.5. The number of esters is 1. The first-order chi connectivity index (χ1) is 16.9. The van der Waals surface area contributed by atoms with Gasteiger partial charge in [0, 0.05) is 23.5 Å². The van der Waals surface area contributed by atoms with E-state index >= 15 is 0 Å². The van der Waals surface area contributed by atoms with Crippen LogP contribution in [0.5, 0.6) is 5.88 Å². The van der Waals surface area contributed by atoms with Crippen LogP contribution < -0.4 is 11.2 Å². The van der Waals surface area contributed by atoms with E-state index < -0.39 is 29.1 Å². The number of carbonyl (C=O) groups excluding carboxylic acids is 1. The lowest BCUT2D eigenvalue weighted by molar-refractivity contribution is -0.142. The number of aromatic nitrogens is 3. The monoisotopic (exact) mass is 474 g/mol. The summed E-state index contributed by atoms with van der Waals surface area (Å²) in [7, 11) is 1.27. The number of aromatic hydroxyl groups is 1. The Hall–Kier alpha value is -4.40. The van der Waals surface area contributed by atoms with Crippen LogP contribution in [0.3, 0.4) is 0 Å². The largest absolute Gasteiger partial charge is 0.494 e. The molecule has 0 fully saturated rings. The van der Waals surface area contributed by atoms with Crippen LogP contribution in [0.25, 0.3) is 10.9 Å². The summed E-state index contributed by atoms with van der Waals surface area (Å²) in [5.74, 6) is -1.08. The molecule has 0 aliphatic heterocycles. The number of aromatic amines is 2. The lowest BCUT2D eigenvalue weighted by Gasteiger charge is -2.15. The minimum atomic E-state index is -0.956. The van der Waals surface area contributed by atoms with Crippen molar-refractivity contribution in [3.05, 3.63) is 98.3 Å². The van der Waals surface area contributed by atoms with Gasteiger partial charge in [-0.15, -0.1) is 0 Å². The molecule has 180 valence electrons. The number of hydrogen-bond acceptors (Lipinski definition) is 6. The van der Waals surface area contributed by atoms with Gasteiger partial charge >= 0.3 is 11.7 Å². The number of methoxy groups -OCH3 is 1. The number of H-pyrrole nitrogens is 2. The Morgan fingerprint density at radius 3 is 2.54 bits per heavy atom. The Kier molecular flexibility index (Phi) is 6.96. The molecule has 0 aliphatic carbocycles. The second kappa shape index (κ2) is 10.3. The molecule has 9 heteroatoms. The van der Waals surface area contributed by atoms with Crippen LogP contribution in [-0.2, 0) is 22.5 Å². The average Bonchev–Trinajstić information content (AvgIpc) is 3.28. The molecule has 0 bridgehead atoms. The summed E-state index contributed by atoms with van der Waals surface area (Å²) in [6.45, 7) is 1.81. The van der Waals surface area contributed by atoms with Crippen molar-refractivity contribution >= 4 is 22.6 Å². The summed E-state index contributed by atoms with van der Waals surface area (Å²) >= 11 is 0. The predicted molar refractivity (Wildman–Crippen MR) is 133 cm³/mol. The normalized spacial score (nSPS) is 12.6. The fraction of sp³-hybridized carbons (Fsp3) is 0.231. The third-order valence-corrected chi connectivity index (χ3v) is 5.85. The van der Waals surface area contributed by atoms with E-state index in [1.165, 1.54) is 7.11 Å². The maximum absolute atomic E-state index is 12.7. The van der Waals surface area contributed by atoms with Gasteiger partial charge in [-0.3, -0.25) is 19.3 Å². The van der Waals surface area contributed by atoms with E-state index in [-0.39, 0.29) is 30.7 Å². The summed E-state index contributed by atoms with van der Waals surface area (Å²) in [5.41, 5.74) is 1.10. The number of fused-ring (bicyclic) bond motifs is 1. The molecule has 0 spiro atoms. The second-order valence-corrected chi connectivity index (χ2v) is 8.06. The van der Waals surface area contributed by atoms with Crippen LogP contribution in [0.2, 0.25) is 0 Å². The Morgan fingerprint density at radius 1 is 1.11 bits per heavy atom. The standard InChI is InChI=1S/C26H26N4O5/c1-3-19(22-23(31)29-26(34)30(24(22)32)15-16-9-5-4-6-10-16)28-21(25(33)35-2)13-17-14-27-20-12-8-7-11-18(17)20/h4-12,14,21,27,32H,3,13,15H2,1-2H3,(H,29,31,34). The third kappa shape index (κ3) is 4.93. The van der Waals surface area contributed by atoms with Crippen molar-refractivity contribution in [2.45, 2.75) is 32.4 Å². The summed E-state index contributed by atoms with van der Waals surface area (Å²) in [6, 6.07) is 15.8. The van der Waals surface area contributed by atoms with Crippen molar-refractivity contribution in [2.75, 3.05) is 7.11 Å². The molecule has 9 nitrogen and oxygen atoms in total. The van der Waals surface area contributed by atoms with Gasteiger partial charge in [-0.1, -0.05) is 55.5 Å². The number of aliphatic imine (C=N–C) groups is 1. The molecule has 35 heavy (non-hydrogen) atoms. The van der Waals surface area contributed by atoms with Crippen LogP contribution in [0.4, 0.5) is 0 Å². The maximum Gasteiger partial charge on any atom is 0.331 e. The highest BCUT2D eigenvalue weighted by molar-refractivity contribution is 6.03. The van der Waals surface area contributed by atoms with Gasteiger partial charge in [0.25, 0.3) is 5.56 Å². The molecule has 4 rings (SSSR count). The van der Waals surface area contributed by atoms with Gasteiger partial charge in [-0.25, -0.2) is 9.59 Å². The zero-order valence-corrected chi connectivity index (χ0v) is 19.4. The van der Waals surface area contributed by atoms with Crippen molar-refractivity contribution in [2.24, 2.45) is 4.99 Å². The van der Waals surface area contributed by atoms with E-state index in [1.54, 1.807) is 19.1 Å². The Morgan fingerprint density at radius 2 is 1.83 bits per heavy atom. The predicted octanol–water partition coefficient (Wildman–Crippen LogP) is 2.76. The molecule has 2 aromatic heterocycles. The highest BCUT2D eigenvalue weighted by Gasteiger charge is 2.24. The van der Waals surface area contributed by atoms with Gasteiger partial charge in [0.15, 0.2) is 6.04 Å². The topological polar surface area (TPSA) is 130 Å². The SMILES string of the molecule is CCC(=NC(Cc1c[nH]c2ccccc12)C(=O)OC)c1c(O)n(Cc2ccccc2)c(=O)[nH]c1=O. The number of carbonyl (C=O) groups is 1. The quantitative estimate of drug-likeness (QED) is 0.267. The molecule has 0 amide bonds. The fourth-order valence-electron chi connectivity index (χ4n) is 4.08. The van der Waals surface area contributed by atoms with Crippen LogP contribution in [0, 0.1) is 0 Å². The molecular weight excluding hydrogens is 448 g/mol. The van der Waals surface area contributed by atoms with Crippen molar-refractivity contribution < 1.29 is 14.6 Å². The van der Waals surface area contributed by atoms with Crippen LogP contribution >= 0.6 is 0 Å². The summed E-state index contributed by atoms with van der Waals surface area (Å²) in [6.07, 6.45) is 2.27. The number of para-hydroxylation sites is 1. The number of rotatable bonds is 8. The van der Waals surface area contributed by atoms with Crippen LogP contribution in [-0.4, -0.2) is 44.5 Å². The van der Waals surface area contributed by atoms with Crippen molar-refractivity contribution in [3.63, 3.8) is 0 Å². The van der Waals surface area contributed by atoms with Gasteiger partial charge < -0.3 is 14.8 Å². The molecule has 0 radical (unpaired) electrons. The first-order valence-electron chi connectivity index (χ1n) is 11.2. The number of hydrogen-bond donors (Lipinski definition) is 3. The van der Waals surface area contributed by atoms with Crippen LogP contribution in [0.15, 0.2) is 75.4 Å². The van der Waals surface area contributed by atoms with E-state index in [0.717, 1.165) is 26.6 Å². The number of nitrogens with one attached hydrogen (secondary N) is 2. The first kappa shape index (κ1) is 23.7. The molecule has 0 aliphatic rings. The Balaban J connectivity index is 1.77.